The Balaban J connectivity index is 2.72. The molecule has 1 aromatic heterocycles. The monoisotopic (exact) mass is 211 g/mol. The number of methoxy groups -OCH3 is 1. The fourth-order valence-electron chi connectivity index (χ4n) is 1.22. The zero-order valence-corrected chi connectivity index (χ0v) is 8.04. The number of benzene rings is 1. The first-order valence-electron chi connectivity index (χ1n) is 3.84. The van der Waals surface area contributed by atoms with Crippen molar-refractivity contribution in [2.45, 2.75) is 0 Å². The van der Waals surface area contributed by atoms with Crippen LogP contribution in [0.1, 0.15) is 10.4 Å². The molecular weight excluding hydrogens is 206 g/mol. The Morgan fingerprint density at radius 3 is 3.07 bits per heavy atom. The number of halogens is 1. The highest BCUT2D eigenvalue weighted by Crippen LogP contribution is 2.24. The molecule has 0 bridgehead atoms. The molecule has 1 heterocycles. The Kier molecular flexibility index (Phi) is 2.13. The van der Waals surface area contributed by atoms with Gasteiger partial charge < -0.3 is 9.26 Å². The highest BCUT2D eigenvalue weighted by molar-refractivity contribution is 6.31. The molecule has 0 aliphatic carbocycles. The highest BCUT2D eigenvalue weighted by atomic mass is 35.5. The van der Waals surface area contributed by atoms with E-state index in [1.165, 1.54) is 19.4 Å². The topological polar surface area (TPSA) is 52.3 Å². The summed E-state index contributed by atoms with van der Waals surface area (Å²) >= 11 is 5.79. The minimum atomic E-state index is -0.458. The minimum absolute atomic E-state index is 0.358. The second-order valence-corrected chi connectivity index (χ2v) is 3.12. The van der Waals surface area contributed by atoms with E-state index >= 15 is 0 Å². The molecule has 0 saturated heterocycles. The maximum atomic E-state index is 11.3. The second kappa shape index (κ2) is 3.31. The van der Waals surface area contributed by atoms with E-state index < -0.39 is 5.97 Å². The van der Waals surface area contributed by atoms with E-state index in [2.05, 4.69) is 9.89 Å². The summed E-state index contributed by atoms with van der Waals surface area (Å²) in [6.45, 7) is 0. The predicted molar refractivity (Wildman–Crippen MR) is 50.4 cm³/mol. The molecule has 14 heavy (non-hydrogen) atoms. The highest BCUT2D eigenvalue weighted by Gasteiger charge is 2.13. The zero-order chi connectivity index (χ0) is 10.1. The third-order valence-electron chi connectivity index (χ3n) is 1.85. The molecule has 0 aliphatic rings. The standard InChI is InChI=1S/C9H6ClNO3/c1-13-9(12)6-2-5(10)3-8-7(6)4-11-14-8/h2-4H,1H3. The maximum Gasteiger partial charge on any atom is 0.338 e. The molecule has 5 heteroatoms. The van der Waals surface area contributed by atoms with Crippen LogP contribution in [-0.4, -0.2) is 18.2 Å². The summed E-state index contributed by atoms with van der Waals surface area (Å²) in [5, 5.41) is 4.59. The van der Waals surface area contributed by atoms with Gasteiger partial charge in [0, 0.05) is 11.1 Å². The zero-order valence-electron chi connectivity index (χ0n) is 7.28. The molecule has 1 aromatic carbocycles. The Morgan fingerprint density at radius 1 is 1.57 bits per heavy atom. The predicted octanol–water partition coefficient (Wildman–Crippen LogP) is 2.27. The molecule has 0 amide bonds. The first-order valence-corrected chi connectivity index (χ1v) is 4.22. The van der Waals surface area contributed by atoms with Gasteiger partial charge >= 0.3 is 5.97 Å². The summed E-state index contributed by atoms with van der Waals surface area (Å²) in [6, 6.07) is 3.11. The van der Waals surface area contributed by atoms with Crippen molar-refractivity contribution in [3.05, 3.63) is 28.9 Å². The van der Waals surface area contributed by atoms with Crippen molar-refractivity contribution < 1.29 is 14.1 Å². The van der Waals surface area contributed by atoms with Crippen LogP contribution in [0.2, 0.25) is 5.02 Å². The van der Waals surface area contributed by atoms with E-state index in [0.29, 0.717) is 21.6 Å². The van der Waals surface area contributed by atoms with Gasteiger partial charge in [-0.2, -0.15) is 0 Å². The van der Waals surface area contributed by atoms with Gasteiger partial charge in [0.2, 0.25) is 0 Å². The van der Waals surface area contributed by atoms with Gasteiger partial charge in [0.15, 0.2) is 5.58 Å². The van der Waals surface area contributed by atoms with Gasteiger partial charge in [-0.15, -0.1) is 0 Å². The Bertz CT molecular complexity index is 492. The lowest BCUT2D eigenvalue weighted by molar-refractivity contribution is 0.0603. The number of rotatable bonds is 1. The SMILES string of the molecule is COC(=O)c1cc(Cl)cc2oncc12. The Labute approximate surface area is 84.4 Å². The third kappa shape index (κ3) is 1.33. The molecule has 4 nitrogen and oxygen atoms in total. The molecule has 0 aliphatic heterocycles. The van der Waals surface area contributed by atoms with Crippen LogP contribution in [0, 0.1) is 0 Å². The molecule has 2 aromatic rings. The average Bonchev–Trinajstić information content (AvgIpc) is 2.62. The van der Waals surface area contributed by atoms with Crippen molar-refractivity contribution in [1.82, 2.24) is 5.16 Å². The van der Waals surface area contributed by atoms with Crippen LogP contribution in [0.4, 0.5) is 0 Å². The van der Waals surface area contributed by atoms with Crippen molar-refractivity contribution >= 4 is 28.5 Å². The first kappa shape index (κ1) is 9.02. The molecule has 0 spiro atoms. The summed E-state index contributed by atoms with van der Waals surface area (Å²) in [5.74, 6) is -0.458. The molecule has 0 N–H and O–H groups in total. The summed E-state index contributed by atoms with van der Waals surface area (Å²) in [5.41, 5.74) is 0.828. The van der Waals surface area contributed by atoms with Crippen LogP contribution in [0.3, 0.4) is 0 Å². The molecule has 0 atom stereocenters. The molecule has 0 unspecified atom stereocenters. The number of carbonyl (C=O) groups is 1. The number of nitrogens with zero attached hydrogens (tertiary/aromatic N) is 1. The van der Waals surface area contributed by atoms with Crippen LogP contribution in [0.15, 0.2) is 22.9 Å². The van der Waals surface area contributed by atoms with Gasteiger partial charge in [-0.25, -0.2) is 4.79 Å². The van der Waals surface area contributed by atoms with Gasteiger partial charge in [-0.1, -0.05) is 16.8 Å². The molecule has 0 fully saturated rings. The summed E-state index contributed by atoms with van der Waals surface area (Å²) in [7, 11) is 1.31. The molecule has 0 saturated carbocycles. The first-order chi connectivity index (χ1) is 6.72. The lowest BCUT2D eigenvalue weighted by Crippen LogP contribution is -2.01. The summed E-state index contributed by atoms with van der Waals surface area (Å²) in [6.07, 6.45) is 1.46. The van der Waals surface area contributed by atoms with Crippen molar-refractivity contribution in [3.63, 3.8) is 0 Å². The maximum absolute atomic E-state index is 11.3. The summed E-state index contributed by atoms with van der Waals surface area (Å²) in [4.78, 5) is 11.3. The van der Waals surface area contributed by atoms with Crippen molar-refractivity contribution in [1.29, 1.82) is 0 Å². The number of esters is 1. The average molecular weight is 212 g/mol. The largest absolute Gasteiger partial charge is 0.465 e. The van der Waals surface area contributed by atoms with Crippen molar-refractivity contribution in [3.8, 4) is 0 Å². The van der Waals surface area contributed by atoms with E-state index in [4.69, 9.17) is 16.1 Å². The lowest BCUT2D eigenvalue weighted by Gasteiger charge is -1.99. The number of hydrogen-bond donors (Lipinski definition) is 0. The van der Waals surface area contributed by atoms with Gasteiger partial charge in [0.1, 0.15) is 0 Å². The molecule has 72 valence electrons. The van der Waals surface area contributed by atoms with Gasteiger partial charge in [-0.05, 0) is 6.07 Å². The Morgan fingerprint density at radius 2 is 2.36 bits per heavy atom. The second-order valence-electron chi connectivity index (χ2n) is 2.68. The smallest absolute Gasteiger partial charge is 0.338 e. The van der Waals surface area contributed by atoms with Crippen LogP contribution < -0.4 is 0 Å². The number of aromatic nitrogens is 1. The number of carbonyl (C=O) groups excluding carboxylic acids is 1. The van der Waals surface area contributed by atoms with Crippen LogP contribution in [0.5, 0.6) is 0 Å². The number of ether oxygens (including phenoxy) is 1. The van der Waals surface area contributed by atoms with E-state index in [0.717, 1.165) is 0 Å². The quantitative estimate of drug-likeness (QED) is 0.679. The molecular formula is C9H6ClNO3. The van der Waals surface area contributed by atoms with E-state index in [-0.39, 0.29) is 0 Å². The number of hydrogen-bond acceptors (Lipinski definition) is 4. The van der Waals surface area contributed by atoms with Gasteiger partial charge in [-0.3, -0.25) is 0 Å². The van der Waals surface area contributed by atoms with Crippen LogP contribution >= 0.6 is 11.6 Å². The lowest BCUT2D eigenvalue weighted by atomic mass is 10.1. The van der Waals surface area contributed by atoms with E-state index in [1.54, 1.807) is 6.07 Å². The third-order valence-corrected chi connectivity index (χ3v) is 2.06. The molecule has 0 radical (unpaired) electrons. The summed E-state index contributed by atoms with van der Waals surface area (Å²) < 4.78 is 9.49. The van der Waals surface area contributed by atoms with Crippen LogP contribution in [0.25, 0.3) is 11.0 Å². The Hall–Kier alpha value is -1.55. The minimum Gasteiger partial charge on any atom is -0.465 e. The normalized spacial score (nSPS) is 10.4. The van der Waals surface area contributed by atoms with Crippen molar-refractivity contribution in [2.75, 3.05) is 7.11 Å². The fraction of sp³-hybridized carbons (Fsp3) is 0.111. The van der Waals surface area contributed by atoms with Crippen LogP contribution in [-0.2, 0) is 4.74 Å². The van der Waals surface area contributed by atoms with E-state index in [1.807, 2.05) is 0 Å². The number of fused-ring (bicyclic) bond motifs is 1. The fourth-order valence-corrected chi connectivity index (χ4v) is 1.42. The van der Waals surface area contributed by atoms with Gasteiger partial charge in [0.25, 0.3) is 0 Å². The van der Waals surface area contributed by atoms with Crippen molar-refractivity contribution in [2.24, 2.45) is 0 Å². The molecule has 2 rings (SSSR count). The van der Waals surface area contributed by atoms with Gasteiger partial charge in [0.05, 0.1) is 24.3 Å². The van der Waals surface area contributed by atoms with E-state index in [9.17, 15) is 4.79 Å².